The number of benzene rings is 2. The molecule has 0 aromatic heterocycles. The van der Waals surface area contributed by atoms with E-state index in [1.165, 1.54) is 25.3 Å². The average Bonchev–Trinajstić information content (AvgIpc) is 2.65. The topological polar surface area (TPSA) is 162 Å². The number of ether oxygens (including phenoxy) is 1. The lowest BCUT2D eigenvalue weighted by molar-refractivity contribution is -0.385. The minimum atomic E-state index is -4.35. The summed E-state index contributed by atoms with van der Waals surface area (Å²) in [6.45, 7) is -0.499. The van der Waals surface area contributed by atoms with Crippen LogP contribution in [0.25, 0.3) is 0 Å². The van der Waals surface area contributed by atoms with Crippen molar-refractivity contribution in [2.24, 2.45) is 5.73 Å². The van der Waals surface area contributed by atoms with E-state index in [0.717, 1.165) is 18.2 Å². The summed E-state index contributed by atoms with van der Waals surface area (Å²) in [7, 11) is -3.07. The van der Waals surface area contributed by atoms with Crippen molar-refractivity contribution in [2.75, 3.05) is 7.11 Å². The molecule has 13 heteroatoms. The van der Waals surface area contributed by atoms with Crippen LogP contribution in [0, 0.1) is 10.1 Å². The third kappa shape index (κ3) is 5.08. The molecular formula is C16H15N3O8S2. The molecule has 154 valence electrons. The number of carbonyl (C=O) groups is 1. The Balaban J connectivity index is 2.41. The number of nitrogens with two attached hydrogens (primary N) is 1. The largest absolute Gasteiger partial charge is 0.495 e. The molecule has 0 bridgehead atoms. The second-order valence-corrected chi connectivity index (χ2v) is 7.38. The summed E-state index contributed by atoms with van der Waals surface area (Å²) in [6.07, 6.45) is -1.49. The fourth-order valence-electron chi connectivity index (χ4n) is 2.31. The highest BCUT2D eigenvalue weighted by Gasteiger charge is 2.25. The molecule has 11 nitrogen and oxygen atoms in total. The van der Waals surface area contributed by atoms with Crippen molar-refractivity contribution >= 4 is 39.2 Å². The quantitative estimate of drug-likeness (QED) is 0.281. The van der Waals surface area contributed by atoms with E-state index in [-0.39, 0.29) is 22.0 Å². The monoisotopic (exact) mass is 441 g/mol. The van der Waals surface area contributed by atoms with Gasteiger partial charge in [0.05, 0.1) is 30.2 Å². The van der Waals surface area contributed by atoms with E-state index >= 15 is 0 Å². The SMILES string of the molecule is COc1ccccc1S(=O)(=O)Oc1ccc(CN(C(=O)O)C(N)=S)c([N+](=O)[O-])c1. The first-order chi connectivity index (χ1) is 13.6. The molecule has 1 amide bonds. The maximum Gasteiger partial charge on any atom is 0.413 e. The summed E-state index contributed by atoms with van der Waals surface area (Å²) < 4.78 is 35.0. The van der Waals surface area contributed by atoms with Gasteiger partial charge in [-0.2, -0.15) is 8.42 Å². The van der Waals surface area contributed by atoms with E-state index in [1.807, 2.05) is 0 Å². The lowest BCUT2D eigenvalue weighted by Gasteiger charge is -2.17. The van der Waals surface area contributed by atoms with E-state index < -0.39 is 38.5 Å². The number of nitro groups is 1. The van der Waals surface area contributed by atoms with E-state index in [2.05, 4.69) is 12.2 Å². The zero-order chi connectivity index (χ0) is 21.8. The van der Waals surface area contributed by atoms with Crippen LogP contribution in [0.1, 0.15) is 5.56 Å². The predicted molar refractivity (Wildman–Crippen MR) is 104 cm³/mol. The molecule has 2 rings (SSSR count). The minimum Gasteiger partial charge on any atom is -0.495 e. The van der Waals surface area contributed by atoms with Crippen LogP contribution < -0.4 is 14.7 Å². The smallest absolute Gasteiger partial charge is 0.413 e. The molecule has 2 aromatic carbocycles. The molecule has 0 spiro atoms. The predicted octanol–water partition coefficient (Wildman–Crippen LogP) is 2.09. The van der Waals surface area contributed by atoms with Crippen molar-refractivity contribution < 1.29 is 32.2 Å². The highest BCUT2D eigenvalue weighted by molar-refractivity contribution is 7.87. The molecule has 0 atom stereocenters. The van der Waals surface area contributed by atoms with Crippen molar-refractivity contribution in [3.8, 4) is 11.5 Å². The first kappa shape index (κ1) is 21.8. The summed E-state index contributed by atoms with van der Waals surface area (Å²) >= 11 is 4.61. The fourth-order valence-corrected chi connectivity index (χ4v) is 3.54. The van der Waals surface area contributed by atoms with Gasteiger partial charge in [-0.25, -0.2) is 9.69 Å². The second-order valence-electron chi connectivity index (χ2n) is 5.44. The Kier molecular flexibility index (Phi) is 6.56. The van der Waals surface area contributed by atoms with Crippen LogP contribution in [0.3, 0.4) is 0 Å². The Bertz CT molecular complexity index is 1060. The Labute approximate surface area is 170 Å². The molecule has 0 saturated heterocycles. The van der Waals surface area contributed by atoms with Crippen molar-refractivity contribution in [2.45, 2.75) is 11.4 Å². The summed E-state index contributed by atoms with van der Waals surface area (Å²) in [4.78, 5) is 22.0. The van der Waals surface area contributed by atoms with Gasteiger partial charge in [-0.1, -0.05) is 12.1 Å². The number of amides is 1. The number of para-hydroxylation sites is 1. The fraction of sp³-hybridized carbons (Fsp3) is 0.125. The van der Waals surface area contributed by atoms with Crippen LogP contribution in [0.15, 0.2) is 47.4 Å². The van der Waals surface area contributed by atoms with Gasteiger partial charge in [0.2, 0.25) is 0 Å². The van der Waals surface area contributed by atoms with E-state index in [1.54, 1.807) is 6.07 Å². The van der Waals surface area contributed by atoms with Gasteiger partial charge in [-0.3, -0.25) is 10.1 Å². The number of methoxy groups -OCH3 is 1. The zero-order valence-corrected chi connectivity index (χ0v) is 16.5. The van der Waals surface area contributed by atoms with Crippen LogP contribution in [0.4, 0.5) is 10.5 Å². The molecule has 0 aliphatic heterocycles. The number of rotatable bonds is 7. The van der Waals surface area contributed by atoms with Crippen molar-refractivity contribution in [3.63, 3.8) is 0 Å². The number of carboxylic acid groups (broad SMARTS) is 1. The molecular weight excluding hydrogens is 426 g/mol. The van der Waals surface area contributed by atoms with Gasteiger partial charge < -0.3 is 19.8 Å². The molecule has 0 radical (unpaired) electrons. The van der Waals surface area contributed by atoms with Crippen LogP contribution in [0.5, 0.6) is 11.5 Å². The summed E-state index contributed by atoms with van der Waals surface area (Å²) in [6, 6.07) is 8.85. The van der Waals surface area contributed by atoms with Gasteiger partial charge in [0.1, 0.15) is 16.4 Å². The van der Waals surface area contributed by atoms with Gasteiger partial charge in [0.25, 0.3) is 5.69 Å². The van der Waals surface area contributed by atoms with E-state index in [4.69, 9.17) is 19.8 Å². The number of nitrogens with zero attached hydrogens (tertiary/aromatic N) is 2. The van der Waals surface area contributed by atoms with Gasteiger partial charge in [0, 0.05) is 0 Å². The number of nitro benzene ring substituents is 1. The van der Waals surface area contributed by atoms with Crippen LogP contribution >= 0.6 is 12.2 Å². The lowest BCUT2D eigenvalue weighted by Crippen LogP contribution is -2.39. The Morgan fingerprint density at radius 3 is 2.52 bits per heavy atom. The first-order valence-corrected chi connectivity index (χ1v) is 9.53. The normalized spacial score (nSPS) is 10.8. The van der Waals surface area contributed by atoms with Crippen LogP contribution in [-0.4, -0.2) is 41.7 Å². The van der Waals surface area contributed by atoms with Crippen molar-refractivity contribution in [3.05, 3.63) is 58.1 Å². The maximum atomic E-state index is 12.5. The molecule has 0 aliphatic rings. The molecule has 0 unspecified atom stereocenters. The molecule has 29 heavy (non-hydrogen) atoms. The van der Waals surface area contributed by atoms with E-state index in [0.29, 0.717) is 4.90 Å². The van der Waals surface area contributed by atoms with Crippen LogP contribution in [-0.2, 0) is 16.7 Å². The highest BCUT2D eigenvalue weighted by atomic mass is 32.2. The molecule has 0 saturated carbocycles. The van der Waals surface area contributed by atoms with Gasteiger partial charge in [0.15, 0.2) is 5.11 Å². The molecule has 0 heterocycles. The Morgan fingerprint density at radius 1 is 1.31 bits per heavy atom. The summed E-state index contributed by atoms with van der Waals surface area (Å²) in [5.41, 5.74) is 4.68. The molecule has 3 N–H and O–H groups in total. The Morgan fingerprint density at radius 2 is 1.97 bits per heavy atom. The lowest BCUT2D eigenvalue weighted by atomic mass is 10.1. The Hall–Kier alpha value is -3.45. The average molecular weight is 441 g/mol. The van der Waals surface area contributed by atoms with Crippen LogP contribution in [0.2, 0.25) is 0 Å². The van der Waals surface area contributed by atoms with Gasteiger partial charge in [-0.15, -0.1) is 0 Å². The zero-order valence-electron chi connectivity index (χ0n) is 14.8. The molecule has 0 fully saturated rings. The summed E-state index contributed by atoms with van der Waals surface area (Å²) in [5, 5.41) is 20.0. The van der Waals surface area contributed by atoms with E-state index in [9.17, 15) is 23.3 Å². The third-order valence-corrected chi connectivity index (χ3v) is 5.13. The van der Waals surface area contributed by atoms with Gasteiger partial charge >= 0.3 is 16.2 Å². The summed E-state index contributed by atoms with van der Waals surface area (Å²) in [5.74, 6) is -0.310. The van der Waals surface area contributed by atoms with Crippen molar-refractivity contribution in [1.82, 2.24) is 4.90 Å². The highest BCUT2D eigenvalue weighted by Crippen LogP contribution is 2.30. The molecule has 2 aromatic rings. The maximum absolute atomic E-state index is 12.5. The first-order valence-electron chi connectivity index (χ1n) is 7.71. The third-order valence-electron chi connectivity index (χ3n) is 3.62. The molecule has 0 aliphatic carbocycles. The second kappa shape index (κ2) is 8.70. The number of hydrogen-bond donors (Lipinski definition) is 2. The van der Waals surface area contributed by atoms with Gasteiger partial charge in [-0.05, 0) is 36.5 Å². The number of thiocarbonyl (C=S) groups is 1. The minimum absolute atomic E-state index is 0.0344. The standard InChI is InChI=1S/C16H15N3O8S2/c1-26-13-4-2-3-5-14(13)29(24,25)27-11-7-6-10(12(8-11)19(22)23)9-18(15(17)28)16(20)21/h2-8H,9H2,1H3,(H2,17,28)(H,20,21). The van der Waals surface area contributed by atoms with Crippen molar-refractivity contribution in [1.29, 1.82) is 0 Å². The number of hydrogen-bond acceptors (Lipinski definition) is 8.